The molecule has 0 aliphatic carbocycles. The van der Waals surface area contributed by atoms with Crippen molar-refractivity contribution in [1.29, 1.82) is 0 Å². The molecule has 0 spiro atoms. The number of aromatic nitrogens is 3. The van der Waals surface area contributed by atoms with E-state index >= 15 is 4.39 Å². The second-order valence-electron chi connectivity index (χ2n) is 13.3. The molecule has 0 radical (unpaired) electrons. The third kappa shape index (κ3) is 4.51. The van der Waals surface area contributed by atoms with Gasteiger partial charge in [0.2, 0.25) is 5.88 Å². The Morgan fingerprint density at radius 2 is 2.02 bits per heavy atom. The number of anilines is 1. The number of hydrogen-bond acceptors (Lipinski definition) is 9. The summed E-state index contributed by atoms with van der Waals surface area (Å²) in [7, 11) is 0. The number of piperidine rings is 1. The summed E-state index contributed by atoms with van der Waals surface area (Å²) in [5.41, 5.74) is -1.97. The molecule has 238 valence electrons. The summed E-state index contributed by atoms with van der Waals surface area (Å²) in [6.45, 7) is 3.38. The van der Waals surface area contributed by atoms with Crippen molar-refractivity contribution in [2.24, 2.45) is 0 Å². The van der Waals surface area contributed by atoms with Crippen molar-refractivity contribution in [3.63, 3.8) is 0 Å². The van der Waals surface area contributed by atoms with Gasteiger partial charge in [-0.15, -0.1) is 6.42 Å². The fourth-order valence-electron chi connectivity index (χ4n) is 7.86. The molecule has 2 aromatic carbocycles. The number of nitrogens with zero attached hydrogens (tertiary/aromatic N) is 5. The number of rotatable bonds is 4. The van der Waals surface area contributed by atoms with Gasteiger partial charge in [-0.3, -0.25) is 4.90 Å². The minimum Gasteiger partial charge on any atom is -0.508 e. The van der Waals surface area contributed by atoms with E-state index in [-0.39, 0.29) is 76.6 Å². The number of ether oxygens (including phenoxy) is 2. The highest BCUT2D eigenvalue weighted by Gasteiger charge is 2.49. The van der Waals surface area contributed by atoms with Gasteiger partial charge in [-0.05, 0) is 62.7 Å². The van der Waals surface area contributed by atoms with Crippen molar-refractivity contribution in [1.82, 2.24) is 19.9 Å². The van der Waals surface area contributed by atoms with Crippen molar-refractivity contribution in [2.45, 2.75) is 62.4 Å². The number of benzene rings is 2. The SMILES string of the molecule is C#Cc1c(F)ccc2cc(O)cc(-c3nc4c5c(nc(OC[C@@]67CCCN6C[C@H](F)C7)nc5c3F)N3C[C@@](C)(O)CC[C@H]3CO4)c12. The first-order valence-corrected chi connectivity index (χ1v) is 15.5. The maximum Gasteiger partial charge on any atom is 0.319 e. The first-order valence-electron chi connectivity index (χ1n) is 15.5. The van der Waals surface area contributed by atoms with Gasteiger partial charge in [0, 0.05) is 30.5 Å². The molecule has 9 nitrogen and oxygen atoms in total. The molecule has 0 saturated carbocycles. The maximum atomic E-state index is 16.9. The highest BCUT2D eigenvalue weighted by atomic mass is 19.1. The van der Waals surface area contributed by atoms with Gasteiger partial charge < -0.3 is 24.6 Å². The molecule has 46 heavy (non-hydrogen) atoms. The van der Waals surface area contributed by atoms with Crippen LogP contribution in [0.4, 0.5) is 19.0 Å². The number of fused-ring (bicyclic) bond motifs is 4. The highest BCUT2D eigenvalue weighted by Crippen LogP contribution is 2.45. The van der Waals surface area contributed by atoms with Crippen molar-refractivity contribution < 1.29 is 32.9 Å². The lowest BCUT2D eigenvalue weighted by molar-refractivity contribution is 0.0321. The van der Waals surface area contributed by atoms with Crippen molar-refractivity contribution in [3.8, 4) is 41.2 Å². The molecule has 12 heteroatoms. The fraction of sp³-hybridized carbons (Fsp3) is 0.441. The van der Waals surface area contributed by atoms with Crippen molar-refractivity contribution >= 4 is 27.5 Å². The van der Waals surface area contributed by atoms with Crippen molar-refractivity contribution in [2.75, 3.05) is 37.7 Å². The standard InChI is InChI=1S/C34H32F3N5O4/c1-3-22-24(36)6-5-18-11-21(43)12-23(25(18)22)28-27(37)29-26-30(42-16-33(2,44)9-7-20(42)15-45-31(26)38-28)40-32(39-29)46-17-34-8-4-10-41(34)14-19(35)13-34/h1,5-6,11-12,19-20,43-44H,4,7-10,13-17H2,2H3/t19-,20+,33+,34+/m1/s1. The van der Waals surface area contributed by atoms with Crippen LogP contribution in [0.3, 0.4) is 0 Å². The zero-order valence-corrected chi connectivity index (χ0v) is 25.2. The minimum absolute atomic E-state index is 0.0498. The largest absolute Gasteiger partial charge is 0.508 e. The van der Waals surface area contributed by atoms with E-state index in [2.05, 4.69) is 20.8 Å². The van der Waals surface area contributed by atoms with Crippen LogP contribution in [0, 0.1) is 24.0 Å². The lowest BCUT2D eigenvalue weighted by Gasteiger charge is -2.42. The van der Waals surface area contributed by atoms with Gasteiger partial charge in [0.15, 0.2) is 5.82 Å². The Labute approximate surface area is 263 Å². The van der Waals surface area contributed by atoms with Gasteiger partial charge in [0.1, 0.15) is 53.4 Å². The van der Waals surface area contributed by atoms with Gasteiger partial charge in [0.25, 0.3) is 0 Å². The number of aliphatic hydroxyl groups is 1. The van der Waals surface area contributed by atoms with Crippen LogP contribution >= 0.6 is 0 Å². The summed E-state index contributed by atoms with van der Waals surface area (Å²) >= 11 is 0. The zero-order valence-electron chi connectivity index (χ0n) is 25.2. The molecular weight excluding hydrogens is 599 g/mol. The van der Waals surface area contributed by atoms with E-state index in [1.165, 1.54) is 24.3 Å². The van der Waals surface area contributed by atoms with E-state index in [9.17, 15) is 19.0 Å². The van der Waals surface area contributed by atoms with Crippen LogP contribution in [0.15, 0.2) is 24.3 Å². The van der Waals surface area contributed by atoms with E-state index in [4.69, 9.17) is 20.9 Å². The molecule has 0 amide bonds. The van der Waals surface area contributed by atoms with Crippen LogP contribution in [0.5, 0.6) is 17.6 Å². The quantitative estimate of drug-likeness (QED) is 0.305. The minimum atomic E-state index is -1.04. The van der Waals surface area contributed by atoms with Gasteiger partial charge >= 0.3 is 6.01 Å². The average Bonchev–Trinajstić information content (AvgIpc) is 3.50. The summed E-state index contributed by atoms with van der Waals surface area (Å²) < 4.78 is 58.8. The number of terminal acetylenes is 1. The monoisotopic (exact) mass is 631 g/mol. The molecular formula is C34H32F3N5O4. The van der Waals surface area contributed by atoms with Crippen LogP contribution in [-0.2, 0) is 0 Å². The number of halogens is 3. The number of alkyl halides is 1. The Kier molecular flexibility index (Phi) is 6.54. The molecule has 6 heterocycles. The Bertz CT molecular complexity index is 1970. The molecule has 0 unspecified atom stereocenters. The third-order valence-corrected chi connectivity index (χ3v) is 10.0. The lowest BCUT2D eigenvalue weighted by Crippen LogP contribution is -2.53. The third-order valence-electron chi connectivity index (χ3n) is 10.0. The summed E-state index contributed by atoms with van der Waals surface area (Å²) in [4.78, 5) is 17.9. The second kappa shape index (κ2) is 10.3. The Morgan fingerprint density at radius 3 is 2.85 bits per heavy atom. The number of aromatic hydroxyl groups is 1. The molecule has 4 aromatic rings. The van der Waals surface area contributed by atoms with E-state index in [0.29, 0.717) is 37.0 Å². The fourth-order valence-corrected chi connectivity index (χ4v) is 7.86. The first kappa shape index (κ1) is 29.1. The smallest absolute Gasteiger partial charge is 0.319 e. The normalized spacial score (nSPS) is 27.3. The van der Waals surface area contributed by atoms with E-state index in [1.54, 1.807) is 6.92 Å². The van der Waals surface area contributed by atoms with Gasteiger partial charge in [-0.25, -0.2) is 18.2 Å². The van der Waals surface area contributed by atoms with Gasteiger partial charge in [0.05, 0.1) is 22.7 Å². The molecule has 4 aliphatic heterocycles. The molecule has 2 aromatic heterocycles. The molecule has 8 rings (SSSR count). The van der Waals surface area contributed by atoms with Crippen LogP contribution in [0.1, 0.15) is 44.6 Å². The molecule has 2 N–H and O–H groups in total. The molecule has 4 atom stereocenters. The number of phenolic OH excluding ortho intramolecular Hbond substituents is 1. The van der Waals surface area contributed by atoms with E-state index < -0.39 is 28.9 Å². The predicted octanol–water partition coefficient (Wildman–Crippen LogP) is 4.88. The molecule has 3 saturated heterocycles. The summed E-state index contributed by atoms with van der Waals surface area (Å²) in [5, 5.41) is 22.4. The first-order chi connectivity index (χ1) is 22.1. The van der Waals surface area contributed by atoms with Crippen LogP contribution in [-0.4, -0.2) is 86.3 Å². The summed E-state index contributed by atoms with van der Waals surface area (Å²) in [6.07, 6.45) is 7.87. The lowest BCUT2D eigenvalue weighted by atomic mass is 9.90. The van der Waals surface area contributed by atoms with Crippen molar-refractivity contribution in [3.05, 3.63) is 41.5 Å². The van der Waals surface area contributed by atoms with Crippen LogP contribution in [0.2, 0.25) is 0 Å². The topological polar surface area (TPSA) is 104 Å². The van der Waals surface area contributed by atoms with Gasteiger partial charge in [-0.1, -0.05) is 12.0 Å². The second-order valence-corrected chi connectivity index (χ2v) is 13.3. The predicted molar refractivity (Wildman–Crippen MR) is 165 cm³/mol. The maximum absolute atomic E-state index is 16.9. The molecule has 0 bridgehead atoms. The average molecular weight is 632 g/mol. The molecule has 4 aliphatic rings. The highest BCUT2D eigenvalue weighted by molar-refractivity contribution is 6.04. The van der Waals surface area contributed by atoms with E-state index in [0.717, 1.165) is 19.4 Å². The Balaban J connectivity index is 1.34. The van der Waals surface area contributed by atoms with E-state index in [1.807, 2.05) is 4.90 Å². The number of hydrogen-bond donors (Lipinski definition) is 2. The Morgan fingerprint density at radius 1 is 1.17 bits per heavy atom. The Hall–Kier alpha value is -4.34. The molecule has 3 fully saturated rings. The van der Waals surface area contributed by atoms with Crippen LogP contribution in [0.25, 0.3) is 32.9 Å². The summed E-state index contributed by atoms with van der Waals surface area (Å²) in [6, 6.07) is 5.03. The van der Waals surface area contributed by atoms with Crippen LogP contribution < -0.4 is 14.4 Å². The number of phenols is 1. The zero-order chi connectivity index (χ0) is 32.0. The van der Waals surface area contributed by atoms with Gasteiger partial charge in [-0.2, -0.15) is 9.97 Å². The number of pyridine rings is 1. The summed E-state index contributed by atoms with van der Waals surface area (Å²) in [5.74, 6) is 0.967.